The van der Waals surface area contributed by atoms with Crippen molar-refractivity contribution < 1.29 is 26.4 Å². The molecule has 11 heteroatoms. The number of carbonyl (C=O) groups is 1. The van der Waals surface area contributed by atoms with E-state index in [-0.39, 0.29) is 38.4 Å². The molecule has 9 nitrogen and oxygen atoms in total. The topological polar surface area (TPSA) is 127 Å². The Morgan fingerprint density at radius 3 is 2.00 bits per heavy atom. The lowest BCUT2D eigenvalue weighted by Crippen LogP contribution is -2.52. The van der Waals surface area contributed by atoms with E-state index in [1.54, 1.807) is 0 Å². The molecule has 1 fully saturated rings. The van der Waals surface area contributed by atoms with E-state index in [0.29, 0.717) is 0 Å². The van der Waals surface area contributed by atoms with Gasteiger partial charge in [-0.3, -0.25) is 4.79 Å². The van der Waals surface area contributed by atoms with Gasteiger partial charge < -0.3 is 4.74 Å². The number of esters is 1. The van der Waals surface area contributed by atoms with Crippen LogP contribution in [0.2, 0.25) is 0 Å². The molecule has 1 heterocycles. The average Bonchev–Trinajstić information content (AvgIpc) is 2.35. The van der Waals surface area contributed by atoms with Crippen molar-refractivity contribution in [2.75, 3.05) is 39.0 Å². The van der Waals surface area contributed by atoms with Crippen LogP contribution < -0.4 is 5.14 Å². The molecule has 2 N–H and O–H groups in total. The summed E-state index contributed by atoms with van der Waals surface area (Å²) in [5.41, 5.74) is 0. The van der Waals surface area contributed by atoms with Crippen molar-refractivity contribution in [2.45, 2.75) is 6.42 Å². The van der Waals surface area contributed by atoms with Crippen molar-refractivity contribution in [3.05, 3.63) is 0 Å². The summed E-state index contributed by atoms with van der Waals surface area (Å²) in [6.45, 7) is 0.0758. The van der Waals surface area contributed by atoms with Crippen molar-refractivity contribution >= 4 is 26.2 Å². The van der Waals surface area contributed by atoms with Gasteiger partial charge in [0.1, 0.15) is 0 Å². The van der Waals surface area contributed by atoms with Gasteiger partial charge in [-0.2, -0.15) is 17.0 Å². The van der Waals surface area contributed by atoms with E-state index in [1.165, 1.54) is 7.11 Å². The number of nitrogens with two attached hydrogens (primary N) is 1. The first kappa shape index (κ1) is 16.3. The van der Waals surface area contributed by atoms with Crippen molar-refractivity contribution in [1.82, 2.24) is 8.61 Å². The maximum Gasteiger partial charge on any atom is 0.306 e. The van der Waals surface area contributed by atoms with Crippen LogP contribution in [0.25, 0.3) is 0 Å². The number of sulfonamides is 1. The Balaban J connectivity index is 2.57. The number of nitrogens with zero attached hydrogens (tertiary/aromatic N) is 2. The monoisotopic (exact) mass is 315 g/mol. The lowest BCUT2D eigenvalue weighted by Gasteiger charge is -2.32. The zero-order valence-electron chi connectivity index (χ0n) is 10.5. The maximum absolute atomic E-state index is 11.9. The van der Waals surface area contributed by atoms with Gasteiger partial charge >= 0.3 is 5.97 Å². The molecule has 0 unspecified atom stereocenters. The van der Waals surface area contributed by atoms with Gasteiger partial charge in [-0.15, -0.1) is 0 Å². The summed E-state index contributed by atoms with van der Waals surface area (Å²) < 4.78 is 52.4. The molecule has 0 aliphatic carbocycles. The lowest BCUT2D eigenvalue weighted by molar-refractivity contribution is -0.140. The van der Waals surface area contributed by atoms with Crippen molar-refractivity contribution in [3.8, 4) is 0 Å². The molecule has 1 aliphatic heterocycles. The molecule has 0 radical (unpaired) electrons. The van der Waals surface area contributed by atoms with E-state index in [9.17, 15) is 21.6 Å². The van der Waals surface area contributed by atoms with E-state index >= 15 is 0 Å². The minimum Gasteiger partial charge on any atom is -0.469 e. The third kappa shape index (κ3) is 4.69. The predicted octanol–water partition coefficient (Wildman–Crippen LogP) is -2.30. The molecule has 0 saturated carbocycles. The maximum atomic E-state index is 11.9. The number of ether oxygens (including phenoxy) is 1. The minimum absolute atomic E-state index is 0.0102. The molecule has 19 heavy (non-hydrogen) atoms. The number of hydrogen-bond acceptors (Lipinski definition) is 6. The minimum atomic E-state index is -3.79. The number of piperazine rings is 1. The van der Waals surface area contributed by atoms with Crippen LogP contribution in [0, 0.1) is 0 Å². The SMILES string of the molecule is COC(=O)CCS(=O)(=O)N1CCN(S(N)(=O)=O)CC1. The average molecular weight is 315 g/mol. The Labute approximate surface area is 112 Å². The van der Waals surface area contributed by atoms with Crippen LogP contribution in [-0.4, -0.2) is 70.5 Å². The molecule has 0 aromatic heterocycles. The highest BCUT2D eigenvalue weighted by atomic mass is 32.2. The quantitative estimate of drug-likeness (QED) is 0.568. The summed E-state index contributed by atoms with van der Waals surface area (Å²) in [6.07, 6.45) is -0.228. The summed E-state index contributed by atoms with van der Waals surface area (Å²) in [6, 6.07) is 0. The molecule has 1 rings (SSSR count). The normalized spacial score (nSPS) is 19.3. The molecule has 112 valence electrons. The van der Waals surface area contributed by atoms with E-state index in [0.717, 1.165) is 8.61 Å². The summed E-state index contributed by atoms with van der Waals surface area (Å²) in [5, 5.41) is 4.95. The molecular weight excluding hydrogens is 298 g/mol. The molecule has 0 amide bonds. The molecular formula is C8H17N3O6S2. The molecule has 1 aliphatic rings. The Morgan fingerprint density at radius 2 is 1.58 bits per heavy atom. The molecule has 0 bridgehead atoms. The second-order valence-corrected chi connectivity index (χ2v) is 7.62. The van der Waals surface area contributed by atoms with Crippen molar-refractivity contribution in [1.29, 1.82) is 0 Å². The highest BCUT2D eigenvalue weighted by Crippen LogP contribution is 2.10. The first-order valence-electron chi connectivity index (χ1n) is 5.49. The van der Waals surface area contributed by atoms with E-state index in [2.05, 4.69) is 4.74 Å². The Hall–Kier alpha value is -0.750. The third-order valence-electron chi connectivity index (χ3n) is 2.74. The van der Waals surface area contributed by atoms with Gasteiger partial charge in [0.05, 0.1) is 19.3 Å². The fourth-order valence-corrected chi connectivity index (χ4v) is 3.72. The number of carbonyl (C=O) groups excluding carboxylic acids is 1. The lowest BCUT2D eigenvalue weighted by atomic mass is 10.4. The van der Waals surface area contributed by atoms with Gasteiger partial charge in [0.2, 0.25) is 10.0 Å². The third-order valence-corrected chi connectivity index (χ3v) is 5.70. The largest absolute Gasteiger partial charge is 0.469 e. The zero-order valence-corrected chi connectivity index (χ0v) is 12.1. The van der Waals surface area contributed by atoms with Gasteiger partial charge in [-0.25, -0.2) is 13.6 Å². The van der Waals surface area contributed by atoms with Gasteiger partial charge in [-0.1, -0.05) is 0 Å². The first-order chi connectivity index (χ1) is 8.66. The second-order valence-electron chi connectivity index (χ2n) is 3.99. The van der Waals surface area contributed by atoms with Crippen LogP contribution >= 0.6 is 0 Å². The fourth-order valence-electron chi connectivity index (χ4n) is 1.65. The second kappa shape index (κ2) is 6.13. The number of methoxy groups -OCH3 is 1. The zero-order chi connectivity index (χ0) is 14.7. The van der Waals surface area contributed by atoms with Crippen molar-refractivity contribution in [2.24, 2.45) is 5.14 Å². The van der Waals surface area contributed by atoms with Gasteiger partial charge in [0, 0.05) is 26.2 Å². The van der Waals surface area contributed by atoms with Crippen LogP contribution in [-0.2, 0) is 29.8 Å². The van der Waals surface area contributed by atoms with Gasteiger partial charge in [0.25, 0.3) is 10.2 Å². The summed E-state index contributed by atoms with van der Waals surface area (Å²) in [4.78, 5) is 10.9. The van der Waals surface area contributed by atoms with E-state index < -0.39 is 26.2 Å². The highest BCUT2D eigenvalue weighted by molar-refractivity contribution is 7.89. The predicted molar refractivity (Wildman–Crippen MR) is 66.7 cm³/mol. The Kier molecular flexibility index (Phi) is 5.26. The molecule has 0 spiro atoms. The number of rotatable bonds is 5. The smallest absolute Gasteiger partial charge is 0.306 e. The van der Waals surface area contributed by atoms with Crippen molar-refractivity contribution in [3.63, 3.8) is 0 Å². The highest BCUT2D eigenvalue weighted by Gasteiger charge is 2.30. The summed E-state index contributed by atoms with van der Waals surface area (Å²) in [7, 11) is -6.19. The number of hydrogen-bond donors (Lipinski definition) is 1. The molecule has 1 saturated heterocycles. The van der Waals surface area contributed by atoms with E-state index in [4.69, 9.17) is 5.14 Å². The van der Waals surface area contributed by atoms with Crippen LogP contribution in [0.5, 0.6) is 0 Å². The van der Waals surface area contributed by atoms with Crippen LogP contribution in [0.15, 0.2) is 0 Å². The fraction of sp³-hybridized carbons (Fsp3) is 0.875. The summed E-state index contributed by atoms with van der Waals surface area (Å²) >= 11 is 0. The Bertz CT molecular complexity index is 521. The standard InChI is InChI=1S/C8H17N3O6S2/c1-17-8(12)2-7-18(13,14)10-3-5-11(6-4-10)19(9,15)16/h2-7H2,1H3,(H2,9,15,16). The summed E-state index contributed by atoms with van der Waals surface area (Å²) in [5.74, 6) is -0.957. The van der Waals surface area contributed by atoms with Crippen LogP contribution in [0.1, 0.15) is 6.42 Å². The van der Waals surface area contributed by atoms with E-state index in [1.807, 2.05) is 0 Å². The molecule has 0 aromatic carbocycles. The first-order valence-corrected chi connectivity index (χ1v) is 8.60. The molecule has 0 atom stereocenters. The van der Waals surface area contributed by atoms with Crippen LogP contribution in [0.3, 0.4) is 0 Å². The van der Waals surface area contributed by atoms with Gasteiger partial charge in [-0.05, 0) is 0 Å². The molecule has 0 aromatic rings. The van der Waals surface area contributed by atoms with Crippen LogP contribution in [0.4, 0.5) is 0 Å². The Morgan fingerprint density at radius 1 is 1.11 bits per heavy atom. The van der Waals surface area contributed by atoms with Gasteiger partial charge in [0.15, 0.2) is 0 Å².